The van der Waals surface area contributed by atoms with E-state index in [-0.39, 0.29) is 0 Å². The van der Waals surface area contributed by atoms with E-state index in [0.29, 0.717) is 0 Å². The molecule has 0 saturated heterocycles. The molecule has 3 heterocycles. The summed E-state index contributed by atoms with van der Waals surface area (Å²) in [5, 5.41) is 7.32. The SMILES string of the molecule is c1ccc2c(c1)Oc1ccc(-c3ccc4c(c3)sc3cc(-c5cccc6oc7ccccc7c56)ccc34)c3cccc-2c13. The maximum Gasteiger partial charge on any atom is 0.136 e. The van der Waals surface area contributed by atoms with Crippen LogP contribution in [-0.4, -0.2) is 0 Å². The van der Waals surface area contributed by atoms with Crippen LogP contribution in [0.2, 0.25) is 0 Å². The van der Waals surface area contributed by atoms with Crippen molar-refractivity contribution in [3.05, 3.63) is 133 Å². The summed E-state index contributed by atoms with van der Waals surface area (Å²) in [6.07, 6.45) is 0. The number of furan rings is 1. The number of ether oxygens (including phenoxy) is 1. The maximum atomic E-state index is 6.34. The number of rotatable bonds is 2. The van der Waals surface area contributed by atoms with Gasteiger partial charge in [0, 0.05) is 41.9 Å². The minimum Gasteiger partial charge on any atom is -0.456 e. The Morgan fingerprint density at radius 3 is 1.95 bits per heavy atom. The van der Waals surface area contributed by atoms with E-state index in [2.05, 4.69) is 109 Å². The van der Waals surface area contributed by atoms with Gasteiger partial charge in [-0.25, -0.2) is 0 Å². The van der Waals surface area contributed by atoms with Crippen molar-refractivity contribution in [2.45, 2.75) is 0 Å². The summed E-state index contributed by atoms with van der Waals surface area (Å²) in [5.74, 6) is 1.84. The van der Waals surface area contributed by atoms with Crippen molar-refractivity contribution in [3.63, 3.8) is 0 Å². The molecule has 0 saturated carbocycles. The highest BCUT2D eigenvalue weighted by Gasteiger charge is 2.21. The predicted octanol–water partition coefficient (Wildman–Crippen LogP) is 12.2. The second-order valence-electron chi connectivity index (χ2n) is 11.2. The lowest BCUT2D eigenvalue weighted by Crippen LogP contribution is -1.97. The van der Waals surface area contributed by atoms with Crippen molar-refractivity contribution < 1.29 is 9.15 Å². The van der Waals surface area contributed by atoms with Crippen LogP contribution in [0.3, 0.4) is 0 Å². The number of hydrogen-bond donors (Lipinski definition) is 0. The maximum absolute atomic E-state index is 6.34. The molecule has 2 aromatic heterocycles. The summed E-state index contributed by atoms with van der Waals surface area (Å²) in [5.41, 5.74) is 9.08. The van der Waals surface area contributed by atoms with Gasteiger partial charge in [0.05, 0.1) is 0 Å². The summed E-state index contributed by atoms with van der Waals surface area (Å²) >= 11 is 1.86. The molecular formula is C40H22O2S. The molecule has 0 atom stereocenters. The second-order valence-corrected chi connectivity index (χ2v) is 12.3. The first-order valence-corrected chi connectivity index (χ1v) is 15.3. The fourth-order valence-corrected chi connectivity index (χ4v) is 8.14. The molecule has 0 N–H and O–H groups in total. The van der Waals surface area contributed by atoms with Gasteiger partial charge in [-0.05, 0) is 69.6 Å². The van der Waals surface area contributed by atoms with Gasteiger partial charge >= 0.3 is 0 Å². The number of benzene rings is 7. The Balaban J connectivity index is 1.13. The monoisotopic (exact) mass is 566 g/mol. The summed E-state index contributed by atoms with van der Waals surface area (Å²) in [6.45, 7) is 0. The van der Waals surface area contributed by atoms with E-state index in [1.54, 1.807) is 0 Å². The Morgan fingerprint density at radius 2 is 1.07 bits per heavy atom. The first-order valence-electron chi connectivity index (χ1n) is 14.5. The summed E-state index contributed by atoms with van der Waals surface area (Å²) in [6, 6.07) is 47.6. The molecule has 0 aliphatic carbocycles. The van der Waals surface area contributed by atoms with Crippen LogP contribution >= 0.6 is 11.3 Å². The van der Waals surface area contributed by atoms with Gasteiger partial charge in [0.15, 0.2) is 0 Å². The molecular weight excluding hydrogens is 545 g/mol. The van der Waals surface area contributed by atoms with Crippen molar-refractivity contribution in [3.8, 4) is 44.9 Å². The Bertz CT molecular complexity index is 2600. The third-order valence-corrected chi connectivity index (χ3v) is 10.0. The van der Waals surface area contributed by atoms with E-state index in [4.69, 9.17) is 9.15 Å². The average Bonchev–Trinajstić information content (AvgIpc) is 3.62. The van der Waals surface area contributed by atoms with Crippen molar-refractivity contribution in [1.29, 1.82) is 0 Å². The number of para-hydroxylation sites is 2. The molecule has 3 heteroatoms. The van der Waals surface area contributed by atoms with Gasteiger partial charge in [0.2, 0.25) is 0 Å². The predicted molar refractivity (Wildman–Crippen MR) is 180 cm³/mol. The lowest BCUT2D eigenvalue weighted by Gasteiger charge is -2.22. The normalized spacial score (nSPS) is 12.4. The number of thiophene rings is 1. The van der Waals surface area contributed by atoms with Crippen LogP contribution in [0.1, 0.15) is 0 Å². The molecule has 1 aliphatic rings. The van der Waals surface area contributed by atoms with Crippen LogP contribution in [0.5, 0.6) is 11.5 Å². The van der Waals surface area contributed by atoms with Crippen LogP contribution in [0.25, 0.3) is 86.3 Å². The molecule has 43 heavy (non-hydrogen) atoms. The molecule has 10 rings (SSSR count). The van der Waals surface area contributed by atoms with Crippen LogP contribution < -0.4 is 4.74 Å². The van der Waals surface area contributed by atoms with Crippen LogP contribution in [0.4, 0.5) is 0 Å². The number of hydrogen-bond acceptors (Lipinski definition) is 3. The molecule has 0 fully saturated rings. The quantitative estimate of drug-likeness (QED) is 0.208. The van der Waals surface area contributed by atoms with E-state index in [0.717, 1.165) is 33.6 Å². The van der Waals surface area contributed by atoms with E-state index >= 15 is 0 Å². The molecule has 0 amide bonds. The van der Waals surface area contributed by atoms with Crippen LogP contribution in [-0.2, 0) is 0 Å². The Labute approximate surface area is 251 Å². The number of fused-ring (bicyclic) bond motifs is 8. The summed E-state index contributed by atoms with van der Waals surface area (Å²) in [4.78, 5) is 0. The molecule has 200 valence electrons. The van der Waals surface area contributed by atoms with Gasteiger partial charge < -0.3 is 9.15 Å². The third kappa shape index (κ3) is 3.28. The fourth-order valence-electron chi connectivity index (χ4n) is 6.96. The van der Waals surface area contributed by atoms with E-state index in [1.807, 2.05) is 35.6 Å². The Hall–Kier alpha value is -5.38. The van der Waals surface area contributed by atoms with Crippen molar-refractivity contribution >= 4 is 64.2 Å². The van der Waals surface area contributed by atoms with Crippen LogP contribution in [0, 0.1) is 0 Å². The zero-order valence-corrected chi connectivity index (χ0v) is 23.7. The molecule has 0 unspecified atom stereocenters. The van der Waals surface area contributed by atoms with Crippen LogP contribution in [0.15, 0.2) is 138 Å². The molecule has 2 nitrogen and oxygen atoms in total. The highest BCUT2D eigenvalue weighted by Crippen LogP contribution is 2.49. The van der Waals surface area contributed by atoms with Gasteiger partial charge in [0.25, 0.3) is 0 Å². The van der Waals surface area contributed by atoms with Gasteiger partial charge in [-0.2, -0.15) is 0 Å². The van der Waals surface area contributed by atoms with Gasteiger partial charge in [-0.15, -0.1) is 11.3 Å². The van der Waals surface area contributed by atoms with Crippen molar-refractivity contribution in [2.75, 3.05) is 0 Å². The summed E-state index contributed by atoms with van der Waals surface area (Å²) in [7, 11) is 0. The largest absolute Gasteiger partial charge is 0.456 e. The zero-order valence-electron chi connectivity index (χ0n) is 22.9. The fraction of sp³-hybridized carbons (Fsp3) is 0. The smallest absolute Gasteiger partial charge is 0.136 e. The van der Waals surface area contributed by atoms with Gasteiger partial charge in [-0.1, -0.05) is 97.1 Å². The minimum absolute atomic E-state index is 0.915. The highest BCUT2D eigenvalue weighted by molar-refractivity contribution is 7.25. The van der Waals surface area contributed by atoms with Crippen molar-refractivity contribution in [1.82, 2.24) is 0 Å². The first-order chi connectivity index (χ1) is 21.3. The van der Waals surface area contributed by atoms with E-state index < -0.39 is 0 Å². The zero-order chi connectivity index (χ0) is 28.1. The lowest BCUT2D eigenvalue weighted by molar-refractivity contribution is 0.487. The standard InChI is InChI=1S/C40H22O2S/c1-3-12-33-27(7-1)31-11-5-10-30-25(19-20-36(41-33)40(30)31)23-15-17-28-29-18-16-24(22-38(29)43-37(28)21-23)26-9-6-14-35-39(26)32-8-2-4-13-34(32)42-35/h1-22H. The molecule has 9 aromatic rings. The molecule has 7 aromatic carbocycles. The third-order valence-electron chi connectivity index (χ3n) is 8.90. The molecule has 0 bridgehead atoms. The van der Waals surface area contributed by atoms with E-state index in [1.165, 1.54) is 64.1 Å². The Morgan fingerprint density at radius 1 is 0.395 bits per heavy atom. The topological polar surface area (TPSA) is 22.4 Å². The van der Waals surface area contributed by atoms with E-state index in [9.17, 15) is 0 Å². The molecule has 0 radical (unpaired) electrons. The Kier molecular flexibility index (Phi) is 4.63. The second kappa shape index (κ2) is 8.57. The summed E-state index contributed by atoms with van der Waals surface area (Å²) < 4.78 is 15.1. The van der Waals surface area contributed by atoms with Gasteiger partial charge in [-0.3, -0.25) is 0 Å². The molecule has 1 aliphatic heterocycles. The average molecular weight is 567 g/mol. The molecule has 0 spiro atoms. The first kappa shape index (κ1) is 23.2. The minimum atomic E-state index is 0.915. The van der Waals surface area contributed by atoms with Gasteiger partial charge in [0.1, 0.15) is 22.7 Å². The lowest BCUT2D eigenvalue weighted by atomic mass is 9.90. The van der Waals surface area contributed by atoms with Crippen molar-refractivity contribution in [2.24, 2.45) is 0 Å². The highest BCUT2D eigenvalue weighted by atomic mass is 32.1.